The molecule has 9 heteroatoms. The van der Waals surface area contributed by atoms with Crippen molar-refractivity contribution in [2.45, 2.75) is 38.5 Å². The number of fused-ring (bicyclic) bond motifs is 1. The Morgan fingerprint density at radius 2 is 1.77 bits per heavy atom. The summed E-state index contributed by atoms with van der Waals surface area (Å²) < 4.78 is 3.43. The molecule has 5 aromatic rings. The Bertz CT molecular complexity index is 1650. The highest BCUT2D eigenvalue weighted by atomic mass is 16.2. The molecular weight excluding hydrogens is 502 g/mol. The van der Waals surface area contributed by atoms with Gasteiger partial charge in [0.05, 0.1) is 22.5 Å². The molecule has 0 spiro atoms. The van der Waals surface area contributed by atoms with Gasteiger partial charge in [0.15, 0.2) is 0 Å². The zero-order valence-corrected chi connectivity index (χ0v) is 22.6. The number of piperidine rings is 1. The van der Waals surface area contributed by atoms with Crippen LogP contribution in [0.15, 0.2) is 85.6 Å². The average molecular weight is 534 g/mol. The van der Waals surface area contributed by atoms with Crippen LogP contribution in [-0.4, -0.2) is 54.2 Å². The monoisotopic (exact) mass is 533 g/mol. The molecule has 40 heavy (non-hydrogen) atoms. The first-order valence-corrected chi connectivity index (χ1v) is 13.6. The second kappa shape index (κ2) is 10.8. The van der Waals surface area contributed by atoms with E-state index in [-0.39, 0.29) is 17.7 Å². The van der Waals surface area contributed by atoms with Crippen molar-refractivity contribution >= 4 is 23.0 Å². The quantitative estimate of drug-likeness (QED) is 0.319. The van der Waals surface area contributed by atoms with E-state index in [0.717, 1.165) is 41.0 Å². The van der Waals surface area contributed by atoms with E-state index in [1.54, 1.807) is 23.1 Å². The van der Waals surface area contributed by atoms with Gasteiger partial charge in [-0.05, 0) is 72.7 Å². The number of benzene rings is 2. The molecule has 2 amide bonds. The van der Waals surface area contributed by atoms with Gasteiger partial charge in [0.25, 0.3) is 11.8 Å². The lowest BCUT2D eigenvalue weighted by atomic mass is 9.89. The van der Waals surface area contributed by atoms with Gasteiger partial charge in [-0.3, -0.25) is 9.59 Å². The Morgan fingerprint density at radius 1 is 0.975 bits per heavy atom. The lowest BCUT2D eigenvalue weighted by Crippen LogP contribution is -2.38. The van der Waals surface area contributed by atoms with E-state index in [0.29, 0.717) is 24.6 Å². The molecule has 6 rings (SSSR count). The Labute approximate surface area is 232 Å². The maximum Gasteiger partial charge on any atom is 0.257 e. The number of likely N-dealkylation sites (tertiary alicyclic amines) is 1. The van der Waals surface area contributed by atoms with Gasteiger partial charge in [0, 0.05) is 30.5 Å². The Kier molecular flexibility index (Phi) is 6.86. The van der Waals surface area contributed by atoms with Crippen molar-refractivity contribution in [3.63, 3.8) is 0 Å². The third kappa shape index (κ3) is 4.98. The van der Waals surface area contributed by atoms with Gasteiger partial charge >= 0.3 is 0 Å². The van der Waals surface area contributed by atoms with Crippen LogP contribution in [0.3, 0.4) is 0 Å². The van der Waals surface area contributed by atoms with Crippen molar-refractivity contribution in [1.82, 2.24) is 29.3 Å². The largest absolute Gasteiger partial charge is 0.338 e. The molecule has 9 nitrogen and oxygen atoms in total. The van der Waals surface area contributed by atoms with Crippen LogP contribution >= 0.6 is 0 Å². The lowest BCUT2D eigenvalue weighted by Gasteiger charge is -2.32. The smallest absolute Gasteiger partial charge is 0.257 e. The molecule has 202 valence electrons. The summed E-state index contributed by atoms with van der Waals surface area (Å²) in [6.45, 7) is 5.55. The van der Waals surface area contributed by atoms with E-state index in [2.05, 4.69) is 46.5 Å². The standard InChI is InChI=1S/C31H31N7O2/c1-21(2)29-28(27-8-3-4-15-37(27)35-29)31(40)36-16-13-23(14-17-36)22-9-11-25(12-10-22)34-30(39)24-6-5-7-26(18-24)38-20-32-19-33-38/h3-12,15,18-21,23H,13-14,16-17H2,1-2H3,(H,34,39). The summed E-state index contributed by atoms with van der Waals surface area (Å²) in [6.07, 6.45) is 6.73. The summed E-state index contributed by atoms with van der Waals surface area (Å²) in [4.78, 5) is 32.4. The number of anilines is 1. The van der Waals surface area contributed by atoms with Crippen molar-refractivity contribution < 1.29 is 9.59 Å². The highest BCUT2D eigenvalue weighted by Crippen LogP contribution is 2.31. The normalized spacial score (nSPS) is 14.1. The number of aromatic nitrogens is 5. The molecule has 0 atom stereocenters. The number of nitrogens with one attached hydrogen (secondary N) is 1. The van der Waals surface area contributed by atoms with Crippen LogP contribution in [0, 0.1) is 0 Å². The van der Waals surface area contributed by atoms with E-state index in [9.17, 15) is 9.59 Å². The number of rotatable bonds is 6. The first-order valence-electron chi connectivity index (χ1n) is 13.6. The molecule has 0 radical (unpaired) electrons. The fraction of sp³-hybridized carbons (Fsp3) is 0.258. The zero-order chi connectivity index (χ0) is 27.6. The number of pyridine rings is 1. The zero-order valence-electron chi connectivity index (χ0n) is 22.6. The minimum atomic E-state index is -0.185. The SMILES string of the molecule is CC(C)c1nn2ccccc2c1C(=O)N1CCC(c2ccc(NC(=O)c3cccc(-n4cncn4)c3)cc2)CC1. The highest BCUT2D eigenvalue weighted by molar-refractivity contribution is 6.04. The summed E-state index contributed by atoms with van der Waals surface area (Å²) in [5.41, 5.74) is 5.70. The van der Waals surface area contributed by atoms with Crippen LogP contribution in [0.5, 0.6) is 0 Å². The Morgan fingerprint density at radius 3 is 2.50 bits per heavy atom. The van der Waals surface area contributed by atoms with E-state index >= 15 is 0 Å². The molecule has 4 heterocycles. The molecule has 1 aliphatic heterocycles. The topological polar surface area (TPSA) is 97.4 Å². The van der Waals surface area contributed by atoms with Gasteiger partial charge < -0.3 is 10.2 Å². The molecule has 1 N–H and O–H groups in total. The summed E-state index contributed by atoms with van der Waals surface area (Å²) in [5, 5.41) is 11.8. The van der Waals surface area contributed by atoms with Crippen molar-refractivity contribution in [2.24, 2.45) is 0 Å². The molecule has 0 aliphatic carbocycles. The predicted molar refractivity (Wildman–Crippen MR) is 153 cm³/mol. The van der Waals surface area contributed by atoms with Crippen molar-refractivity contribution in [3.05, 3.63) is 108 Å². The van der Waals surface area contributed by atoms with Crippen LogP contribution < -0.4 is 5.32 Å². The van der Waals surface area contributed by atoms with E-state index in [1.807, 2.05) is 58.1 Å². The maximum absolute atomic E-state index is 13.6. The molecular formula is C31H31N7O2. The van der Waals surface area contributed by atoms with Crippen LogP contribution in [-0.2, 0) is 0 Å². The predicted octanol–water partition coefficient (Wildman–Crippen LogP) is 5.31. The minimum Gasteiger partial charge on any atom is -0.338 e. The Balaban J connectivity index is 1.09. The number of hydrogen-bond donors (Lipinski definition) is 1. The molecule has 3 aromatic heterocycles. The minimum absolute atomic E-state index is 0.0642. The average Bonchev–Trinajstić information content (AvgIpc) is 3.66. The van der Waals surface area contributed by atoms with Gasteiger partial charge in [-0.15, -0.1) is 0 Å². The molecule has 1 aliphatic rings. The van der Waals surface area contributed by atoms with Crippen molar-refractivity contribution in [3.8, 4) is 5.69 Å². The summed E-state index contributed by atoms with van der Waals surface area (Å²) in [6, 6.07) is 21.1. The summed E-state index contributed by atoms with van der Waals surface area (Å²) in [5.74, 6) is 0.402. The van der Waals surface area contributed by atoms with Crippen molar-refractivity contribution in [2.75, 3.05) is 18.4 Å². The molecule has 1 fully saturated rings. The van der Waals surface area contributed by atoms with Gasteiger partial charge in [-0.1, -0.05) is 38.1 Å². The number of amides is 2. The Hall–Kier alpha value is -4.79. The van der Waals surface area contributed by atoms with Gasteiger partial charge in [0.1, 0.15) is 12.7 Å². The van der Waals surface area contributed by atoms with Gasteiger partial charge in [0.2, 0.25) is 0 Å². The van der Waals surface area contributed by atoms with Gasteiger partial charge in [-0.2, -0.15) is 10.2 Å². The number of carbonyl (C=O) groups excluding carboxylic acids is 2. The summed E-state index contributed by atoms with van der Waals surface area (Å²) >= 11 is 0. The molecule has 0 unspecified atom stereocenters. The van der Waals surface area contributed by atoms with Gasteiger partial charge in [-0.25, -0.2) is 14.2 Å². The number of carbonyl (C=O) groups is 2. The third-order valence-electron chi connectivity index (χ3n) is 7.54. The summed E-state index contributed by atoms with van der Waals surface area (Å²) in [7, 11) is 0. The molecule has 0 bridgehead atoms. The van der Waals surface area contributed by atoms with Crippen LogP contribution in [0.2, 0.25) is 0 Å². The second-order valence-electron chi connectivity index (χ2n) is 10.5. The van der Waals surface area contributed by atoms with E-state index in [1.165, 1.54) is 11.9 Å². The van der Waals surface area contributed by atoms with Crippen LogP contribution in [0.4, 0.5) is 5.69 Å². The lowest BCUT2D eigenvalue weighted by molar-refractivity contribution is 0.0713. The second-order valence-corrected chi connectivity index (χ2v) is 10.5. The molecule has 2 aromatic carbocycles. The van der Waals surface area contributed by atoms with Crippen LogP contribution in [0.25, 0.3) is 11.2 Å². The number of hydrogen-bond acceptors (Lipinski definition) is 5. The number of nitrogens with zero attached hydrogens (tertiary/aromatic N) is 6. The first-order chi connectivity index (χ1) is 19.5. The van der Waals surface area contributed by atoms with E-state index < -0.39 is 0 Å². The fourth-order valence-corrected chi connectivity index (χ4v) is 5.39. The molecule has 1 saturated heterocycles. The van der Waals surface area contributed by atoms with Crippen LogP contribution in [0.1, 0.15) is 70.5 Å². The fourth-order valence-electron chi connectivity index (χ4n) is 5.39. The highest BCUT2D eigenvalue weighted by Gasteiger charge is 2.29. The first kappa shape index (κ1) is 25.5. The maximum atomic E-state index is 13.6. The third-order valence-corrected chi connectivity index (χ3v) is 7.54. The van der Waals surface area contributed by atoms with Crippen molar-refractivity contribution in [1.29, 1.82) is 0 Å². The van der Waals surface area contributed by atoms with E-state index in [4.69, 9.17) is 0 Å². The molecule has 0 saturated carbocycles.